The van der Waals surface area contributed by atoms with Crippen molar-refractivity contribution >= 4 is 5.91 Å². The molecule has 1 heterocycles. The predicted octanol–water partition coefficient (Wildman–Crippen LogP) is 2.37. The first kappa shape index (κ1) is 12.9. The Morgan fingerprint density at radius 3 is 2.59 bits per heavy atom. The number of hydrogen-bond acceptors (Lipinski definition) is 2. The molecule has 0 radical (unpaired) electrons. The molecular formula is C14H26N2O. The minimum Gasteiger partial charge on any atom is -0.326 e. The standard InChI is InChI=1S/C14H26N2O/c1-4-5-12-14(17)16(9-8-11-6-7-11)13(15-12)10(2)3/h10-13,15H,4-9H2,1-3H3. The Balaban J connectivity index is 1.94. The molecule has 0 aromatic rings. The third kappa shape index (κ3) is 3.01. The van der Waals surface area contributed by atoms with Crippen molar-refractivity contribution in [3.8, 4) is 0 Å². The van der Waals surface area contributed by atoms with Gasteiger partial charge in [0.1, 0.15) is 0 Å². The van der Waals surface area contributed by atoms with E-state index in [9.17, 15) is 4.79 Å². The smallest absolute Gasteiger partial charge is 0.241 e. The van der Waals surface area contributed by atoms with E-state index in [1.54, 1.807) is 0 Å². The average molecular weight is 238 g/mol. The lowest BCUT2D eigenvalue weighted by molar-refractivity contribution is -0.130. The Bertz CT molecular complexity index is 273. The van der Waals surface area contributed by atoms with Crippen molar-refractivity contribution in [3.63, 3.8) is 0 Å². The van der Waals surface area contributed by atoms with Gasteiger partial charge < -0.3 is 4.90 Å². The third-order valence-corrected chi connectivity index (χ3v) is 3.97. The van der Waals surface area contributed by atoms with E-state index in [0.717, 1.165) is 25.3 Å². The van der Waals surface area contributed by atoms with Gasteiger partial charge >= 0.3 is 0 Å². The first-order valence-corrected chi connectivity index (χ1v) is 7.20. The van der Waals surface area contributed by atoms with Gasteiger partial charge in [0.15, 0.2) is 0 Å². The number of rotatable bonds is 6. The van der Waals surface area contributed by atoms with Crippen LogP contribution in [0, 0.1) is 11.8 Å². The van der Waals surface area contributed by atoms with Crippen molar-refractivity contribution in [2.45, 2.75) is 65.1 Å². The van der Waals surface area contributed by atoms with Gasteiger partial charge in [0.05, 0.1) is 12.2 Å². The molecule has 3 heteroatoms. The van der Waals surface area contributed by atoms with Crippen LogP contribution in [-0.4, -0.2) is 29.6 Å². The zero-order valence-electron chi connectivity index (χ0n) is 11.4. The van der Waals surface area contributed by atoms with E-state index >= 15 is 0 Å². The van der Waals surface area contributed by atoms with E-state index in [2.05, 4.69) is 31.0 Å². The minimum atomic E-state index is 0.0756. The van der Waals surface area contributed by atoms with Gasteiger partial charge in [0.2, 0.25) is 5.91 Å². The highest BCUT2D eigenvalue weighted by Crippen LogP contribution is 2.33. The molecule has 1 saturated carbocycles. The fraction of sp³-hybridized carbons (Fsp3) is 0.929. The lowest BCUT2D eigenvalue weighted by Gasteiger charge is -2.27. The lowest BCUT2D eigenvalue weighted by atomic mass is 10.1. The molecule has 3 nitrogen and oxygen atoms in total. The summed E-state index contributed by atoms with van der Waals surface area (Å²) in [5, 5.41) is 3.51. The van der Waals surface area contributed by atoms with Gasteiger partial charge in [-0.05, 0) is 24.7 Å². The summed E-state index contributed by atoms with van der Waals surface area (Å²) in [5.41, 5.74) is 0. The van der Waals surface area contributed by atoms with E-state index in [1.807, 2.05) is 0 Å². The Labute approximate surface area is 105 Å². The molecular weight excluding hydrogens is 212 g/mol. The molecule has 0 aromatic heterocycles. The Morgan fingerprint density at radius 1 is 1.35 bits per heavy atom. The second-order valence-corrected chi connectivity index (χ2v) is 5.96. The van der Waals surface area contributed by atoms with Crippen LogP contribution in [0.25, 0.3) is 0 Å². The lowest BCUT2D eigenvalue weighted by Crippen LogP contribution is -2.42. The molecule has 17 heavy (non-hydrogen) atoms. The number of hydrogen-bond donors (Lipinski definition) is 1. The van der Waals surface area contributed by atoms with Crippen LogP contribution >= 0.6 is 0 Å². The summed E-state index contributed by atoms with van der Waals surface area (Å²) >= 11 is 0. The minimum absolute atomic E-state index is 0.0756. The SMILES string of the molecule is CCCC1NC(C(C)C)N(CCC2CC2)C1=O. The van der Waals surface area contributed by atoms with Crippen molar-refractivity contribution in [1.82, 2.24) is 10.2 Å². The fourth-order valence-electron chi connectivity index (χ4n) is 2.73. The summed E-state index contributed by atoms with van der Waals surface area (Å²) in [6, 6.07) is 0.0756. The molecule has 1 amide bonds. The first-order valence-electron chi connectivity index (χ1n) is 7.20. The molecule has 0 spiro atoms. The number of carbonyl (C=O) groups is 1. The van der Waals surface area contributed by atoms with E-state index in [0.29, 0.717) is 11.8 Å². The molecule has 2 atom stereocenters. The highest BCUT2D eigenvalue weighted by atomic mass is 16.2. The van der Waals surface area contributed by atoms with Crippen molar-refractivity contribution in [1.29, 1.82) is 0 Å². The van der Waals surface area contributed by atoms with Gasteiger partial charge in [-0.2, -0.15) is 0 Å². The molecule has 2 rings (SSSR count). The maximum absolute atomic E-state index is 12.3. The van der Waals surface area contributed by atoms with Gasteiger partial charge in [0.25, 0.3) is 0 Å². The summed E-state index contributed by atoms with van der Waals surface area (Å²) in [4.78, 5) is 14.4. The topological polar surface area (TPSA) is 32.3 Å². The molecule has 1 saturated heterocycles. The van der Waals surface area contributed by atoms with Crippen molar-refractivity contribution in [3.05, 3.63) is 0 Å². The molecule has 1 aliphatic heterocycles. The van der Waals surface area contributed by atoms with Crippen LogP contribution in [0.1, 0.15) is 52.9 Å². The van der Waals surface area contributed by atoms with Crippen LogP contribution in [0.4, 0.5) is 0 Å². The van der Waals surface area contributed by atoms with Crippen LogP contribution in [0.3, 0.4) is 0 Å². The van der Waals surface area contributed by atoms with E-state index in [1.165, 1.54) is 19.3 Å². The quantitative estimate of drug-likeness (QED) is 0.770. The summed E-state index contributed by atoms with van der Waals surface area (Å²) in [6.45, 7) is 7.50. The second kappa shape index (κ2) is 5.38. The average Bonchev–Trinajstić information content (AvgIpc) is 3.05. The van der Waals surface area contributed by atoms with E-state index < -0.39 is 0 Å². The monoisotopic (exact) mass is 238 g/mol. The predicted molar refractivity (Wildman–Crippen MR) is 69.5 cm³/mol. The second-order valence-electron chi connectivity index (χ2n) is 5.96. The van der Waals surface area contributed by atoms with Crippen molar-refractivity contribution in [2.75, 3.05) is 6.54 Å². The number of nitrogens with zero attached hydrogens (tertiary/aromatic N) is 1. The highest BCUT2D eigenvalue weighted by Gasteiger charge is 2.39. The first-order chi connectivity index (χ1) is 8.13. The molecule has 2 unspecified atom stereocenters. The molecule has 2 fully saturated rings. The summed E-state index contributed by atoms with van der Waals surface area (Å²) in [7, 11) is 0. The number of amides is 1. The summed E-state index contributed by atoms with van der Waals surface area (Å²) in [6.07, 6.45) is 6.26. The normalized spacial score (nSPS) is 29.4. The Kier molecular flexibility index (Phi) is 4.08. The van der Waals surface area contributed by atoms with Gasteiger partial charge in [-0.1, -0.05) is 40.0 Å². The molecule has 0 aromatic carbocycles. The van der Waals surface area contributed by atoms with Gasteiger partial charge in [0, 0.05) is 6.54 Å². The molecule has 2 aliphatic rings. The van der Waals surface area contributed by atoms with Crippen LogP contribution < -0.4 is 5.32 Å². The largest absolute Gasteiger partial charge is 0.326 e. The van der Waals surface area contributed by atoms with E-state index in [-0.39, 0.29) is 12.2 Å². The molecule has 98 valence electrons. The Morgan fingerprint density at radius 2 is 2.06 bits per heavy atom. The zero-order chi connectivity index (χ0) is 12.4. The van der Waals surface area contributed by atoms with Crippen molar-refractivity contribution < 1.29 is 4.79 Å². The molecule has 1 N–H and O–H groups in total. The van der Waals surface area contributed by atoms with Crippen molar-refractivity contribution in [2.24, 2.45) is 11.8 Å². The maximum atomic E-state index is 12.3. The maximum Gasteiger partial charge on any atom is 0.241 e. The molecule has 0 bridgehead atoms. The third-order valence-electron chi connectivity index (χ3n) is 3.97. The zero-order valence-corrected chi connectivity index (χ0v) is 11.4. The summed E-state index contributed by atoms with van der Waals surface area (Å²) in [5.74, 6) is 1.74. The highest BCUT2D eigenvalue weighted by molar-refractivity contribution is 5.84. The van der Waals surface area contributed by atoms with E-state index in [4.69, 9.17) is 0 Å². The van der Waals surface area contributed by atoms with Gasteiger partial charge in [-0.3, -0.25) is 10.1 Å². The number of carbonyl (C=O) groups excluding carboxylic acids is 1. The van der Waals surface area contributed by atoms with Gasteiger partial charge in [-0.25, -0.2) is 0 Å². The van der Waals surface area contributed by atoms with Crippen LogP contribution in [0.5, 0.6) is 0 Å². The van der Waals surface area contributed by atoms with Gasteiger partial charge in [-0.15, -0.1) is 0 Å². The summed E-state index contributed by atoms with van der Waals surface area (Å²) < 4.78 is 0. The van der Waals surface area contributed by atoms with Crippen LogP contribution in [0.2, 0.25) is 0 Å². The number of nitrogens with one attached hydrogen (secondary N) is 1. The van der Waals surface area contributed by atoms with Crippen LogP contribution in [-0.2, 0) is 4.79 Å². The Hall–Kier alpha value is -0.570. The molecule has 1 aliphatic carbocycles. The van der Waals surface area contributed by atoms with Crippen LogP contribution in [0.15, 0.2) is 0 Å². The fourth-order valence-corrected chi connectivity index (χ4v) is 2.73.